The molecule has 2 aromatic rings. The Kier molecular flexibility index (Phi) is 7.54. The van der Waals surface area contributed by atoms with Crippen LogP contribution in [0.1, 0.15) is 11.6 Å². The van der Waals surface area contributed by atoms with E-state index in [9.17, 15) is 4.79 Å². The van der Waals surface area contributed by atoms with Gasteiger partial charge in [0.05, 0.1) is 18.8 Å². The number of hydrogen-bond acceptors (Lipinski definition) is 5. The van der Waals surface area contributed by atoms with Crippen LogP contribution in [0.2, 0.25) is 0 Å². The predicted molar refractivity (Wildman–Crippen MR) is 123 cm³/mol. The number of carbonyl (C=O) groups is 1. The molecule has 1 aliphatic heterocycles. The molecule has 2 N–H and O–H groups in total. The molecule has 2 aromatic carbocycles. The van der Waals surface area contributed by atoms with Crippen LogP contribution < -0.4 is 20.3 Å². The number of nitrogens with zero attached hydrogens (tertiary/aromatic N) is 3. The molecule has 1 saturated heterocycles. The van der Waals surface area contributed by atoms with E-state index in [-0.39, 0.29) is 12.1 Å². The Bertz CT molecular complexity index is 817. The molecule has 0 spiro atoms. The number of nitrogens with one attached hydrogen (secondary N) is 2. The molecule has 7 nitrogen and oxygen atoms in total. The summed E-state index contributed by atoms with van der Waals surface area (Å²) >= 11 is 0. The molecule has 3 rings (SSSR count). The lowest BCUT2D eigenvalue weighted by Crippen LogP contribution is -2.48. The fraction of sp³-hybridized carbons (Fsp3) is 0.435. The summed E-state index contributed by atoms with van der Waals surface area (Å²) < 4.78 is 5.32. The van der Waals surface area contributed by atoms with Crippen LogP contribution in [0.5, 0.6) is 5.75 Å². The first-order valence-electron chi connectivity index (χ1n) is 10.4. The molecule has 0 aromatic heterocycles. The standard InChI is InChI=1S/C23H33N5O2/c1-26(2)19-11-9-18(10-12-19)21(28-15-13-27(3)14-16-28)17-24-23(29)25-20-7-5-6-8-22(20)30-4/h5-12,21H,13-17H2,1-4H3,(H2,24,25,29). The van der Waals surface area contributed by atoms with E-state index in [1.54, 1.807) is 7.11 Å². The number of benzene rings is 2. The second-order valence-corrected chi connectivity index (χ2v) is 7.88. The molecule has 0 bridgehead atoms. The smallest absolute Gasteiger partial charge is 0.319 e. The zero-order valence-electron chi connectivity index (χ0n) is 18.4. The Hall–Kier alpha value is -2.77. The number of urea groups is 1. The maximum atomic E-state index is 12.6. The van der Waals surface area contributed by atoms with Crippen LogP contribution in [0, 0.1) is 0 Å². The summed E-state index contributed by atoms with van der Waals surface area (Å²) in [4.78, 5) is 19.5. The minimum Gasteiger partial charge on any atom is -0.495 e. The molecule has 1 fully saturated rings. The van der Waals surface area contributed by atoms with E-state index in [0.717, 1.165) is 31.9 Å². The maximum absolute atomic E-state index is 12.6. The highest BCUT2D eigenvalue weighted by atomic mass is 16.5. The average Bonchev–Trinajstić information content (AvgIpc) is 2.76. The lowest BCUT2D eigenvalue weighted by Gasteiger charge is -2.38. The van der Waals surface area contributed by atoms with Gasteiger partial charge in [-0.05, 0) is 36.9 Å². The van der Waals surface area contributed by atoms with Gasteiger partial charge < -0.3 is 25.2 Å². The Balaban J connectivity index is 1.69. The minimum absolute atomic E-state index is 0.123. The van der Waals surface area contributed by atoms with E-state index in [1.807, 2.05) is 38.4 Å². The fourth-order valence-electron chi connectivity index (χ4n) is 3.69. The van der Waals surface area contributed by atoms with Crippen LogP contribution in [0.15, 0.2) is 48.5 Å². The van der Waals surface area contributed by atoms with Crippen molar-refractivity contribution in [1.82, 2.24) is 15.1 Å². The van der Waals surface area contributed by atoms with Gasteiger partial charge in [-0.2, -0.15) is 0 Å². The summed E-state index contributed by atoms with van der Waals surface area (Å²) in [6.45, 7) is 4.55. The normalized spacial score (nSPS) is 16.0. The molecule has 2 amide bonds. The van der Waals surface area contributed by atoms with E-state index < -0.39 is 0 Å². The fourth-order valence-corrected chi connectivity index (χ4v) is 3.69. The number of anilines is 2. The summed E-state index contributed by atoms with van der Waals surface area (Å²) in [5.74, 6) is 0.641. The van der Waals surface area contributed by atoms with Gasteiger partial charge in [-0.1, -0.05) is 24.3 Å². The zero-order valence-corrected chi connectivity index (χ0v) is 18.4. The zero-order chi connectivity index (χ0) is 21.5. The van der Waals surface area contributed by atoms with Crippen LogP contribution in [0.3, 0.4) is 0 Å². The van der Waals surface area contributed by atoms with Crippen molar-refractivity contribution in [3.05, 3.63) is 54.1 Å². The van der Waals surface area contributed by atoms with Crippen LogP contribution in [0.25, 0.3) is 0 Å². The highest BCUT2D eigenvalue weighted by Crippen LogP contribution is 2.25. The molecule has 0 radical (unpaired) electrons. The molecule has 0 aliphatic carbocycles. The Morgan fingerprint density at radius 1 is 1.07 bits per heavy atom. The predicted octanol–water partition coefficient (Wildman–Crippen LogP) is 2.87. The van der Waals surface area contributed by atoms with Gasteiger partial charge in [0.2, 0.25) is 0 Å². The number of amides is 2. The second kappa shape index (κ2) is 10.3. The average molecular weight is 412 g/mol. The summed E-state index contributed by atoms with van der Waals surface area (Å²) in [5.41, 5.74) is 3.03. The first-order chi connectivity index (χ1) is 14.5. The molecule has 30 heavy (non-hydrogen) atoms. The summed E-state index contributed by atoms with van der Waals surface area (Å²) in [6, 6.07) is 15.9. The van der Waals surface area contributed by atoms with Gasteiger partial charge in [-0.3, -0.25) is 4.90 Å². The summed E-state index contributed by atoms with van der Waals surface area (Å²) in [7, 11) is 7.82. The van der Waals surface area contributed by atoms with E-state index in [4.69, 9.17) is 4.74 Å². The molecule has 7 heteroatoms. The molecular weight excluding hydrogens is 378 g/mol. The van der Waals surface area contributed by atoms with Crippen molar-refractivity contribution < 1.29 is 9.53 Å². The Labute approximate surface area is 179 Å². The maximum Gasteiger partial charge on any atom is 0.319 e. The molecule has 1 heterocycles. The van der Waals surface area contributed by atoms with Crippen molar-refractivity contribution in [1.29, 1.82) is 0 Å². The summed E-state index contributed by atoms with van der Waals surface area (Å²) in [6.07, 6.45) is 0. The van der Waals surface area contributed by atoms with E-state index in [1.165, 1.54) is 5.56 Å². The third-order valence-corrected chi connectivity index (χ3v) is 5.58. The molecule has 0 saturated carbocycles. The summed E-state index contributed by atoms with van der Waals surface area (Å²) in [5, 5.41) is 5.95. The lowest BCUT2D eigenvalue weighted by atomic mass is 10.0. The van der Waals surface area contributed by atoms with Gasteiger partial charge in [0.1, 0.15) is 5.75 Å². The van der Waals surface area contributed by atoms with Gasteiger partial charge in [0.15, 0.2) is 0 Å². The number of ether oxygens (including phenoxy) is 1. The van der Waals surface area contributed by atoms with Crippen LogP contribution in [-0.4, -0.2) is 76.8 Å². The van der Waals surface area contributed by atoms with E-state index in [2.05, 4.69) is 56.6 Å². The Morgan fingerprint density at radius 2 is 1.73 bits per heavy atom. The molecular formula is C23H33N5O2. The van der Waals surface area contributed by atoms with Gasteiger partial charge in [0.25, 0.3) is 0 Å². The number of piperazine rings is 1. The minimum atomic E-state index is -0.233. The number of hydrogen-bond donors (Lipinski definition) is 2. The monoisotopic (exact) mass is 411 g/mol. The lowest BCUT2D eigenvalue weighted by molar-refractivity contribution is 0.111. The molecule has 1 atom stereocenters. The molecule has 162 valence electrons. The SMILES string of the molecule is COc1ccccc1NC(=O)NCC(c1ccc(N(C)C)cc1)N1CCN(C)CC1. The first kappa shape index (κ1) is 21.9. The van der Waals surface area contributed by atoms with Crippen molar-refractivity contribution >= 4 is 17.4 Å². The van der Waals surface area contributed by atoms with E-state index >= 15 is 0 Å². The second-order valence-electron chi connectivity index (χ2n) is 7.88. The number of methoxy groups -OCH3 is 1. The van der Waals surface area contributed by atoms with Crippen molar-refractivity contribution in [3.63, 3.8) is 0 Å². The largest absolute Gasteiger partial charge is 0.495 e. The van der Waals surface area contributed by atoms with Gasteiger partial charge in [0, 0.05) is 52.5 Å². The van der Waals surface area contributed by atoms with E-state index in [0.29, 0.717) is 18.0 Å². The van der Waals surface area contributed by atoms with Crippen molar-refractivity contribution in [2.45, 2.75) is 6.04 Å². The third-order valence-electron chi connectivity index (χ3n) is 5.58. The van der Waals surface area contributed by atoms with Crippen molar-refractivity contribution in [3.8, 4) is 5.75 Å². The number of rotatable bonds is 7. The van der Waals surface area contributed by atoms with Gasteiger partial charge in [-0.25, -0.2) is 4.79 Å². The highest BCUT2D eigenvalue weighted by molar-refractivity contribution is 5.90. The molecule has 1 aliphatic rings. The van der Waals surface area contributed by atoms with Crippen LogP contribution >= 0.6 is 0 Å². The van der Waals surface area contributed by atoms with Gasteiger partial charge in [-0.15, -0.1) is 0 Å². The van der Waals surface area contributed by atoms with Crippen LogP contribution in [-0.2, 0) is 0 Å². The number of likely N-dealkylation sites (N-methyl/N-ethyl adjacent to an activating group) is 1. The van der Waals surface area contributed by atoms with Crippen molar-refractivity contribution in [2.24, 2.45) is 0 Å². The topological polar surface area (TPSA) is 60.1 Å². The number of para-hydroxylation sites is 2. The third kappa shape index (κ3) is 5.64. The van der Waals surface area contributed by atoms with Crippen LogP contribution in [0.4, 0.5) is 16.2 Å². The highest BCUT2D eigenvalue weighted by Gasteiger charge is 2.24. The van der Waals surface area contributed by atoms with Crippen molar-refractivity contribution in [2.75, 3.05) is 71.2 Å². The number of carbonyl (C=O) groups excluding carboxylic acids is 1. The quantitative estimate of drug-likeness (QED) is 0.734. The first-order valence-corrected chi connectivity index (χ1v) is 10.4. The van der Waals surface area contributed by atoms with Gasteiger partial charge >= 0.3 is 6.03 Å². The Morgan fingerprint density at radius 3 is 2.37 bits per heavy atom. The molecule has 1 unspecified atom stereocenters.